The normalized spacial score (nSPS) is 23.4. The van der Waals surface area contributed by atoms with Gasteiger partial charge in [0, 0.05) is 13.0 Å². The summed E-state index contributed by atoms with van der Waals surface area (Å²) in [5.74, 6) is -0.573. The summed E-state index contributed by atoms with van der Waals surface area (Å²) in [6.45, 7) is 6.46. The lowest BCUT2D eigenvalue weighted by Crippen LogP contribution is -2.46. The first-order valence-corrected chi connectivity index (χ1v) is 6.98. The molecule has 0 bridgehead atoms. The smallest absolute Gasteiger partial charge is 0.309 e. The lowest BCUT2D eigenvalue weighted by atomic mass is 9.85. The van der Waals surface area contributed by atoms with Crippen molar-refractivity contribution in [1.29, 1.82) is 0 Å². The van der Waals surface area contributed by atoms with Crippen molar-refractivity contribution in [1.82, 2.24) is 4.90 Å². The molecule has 20 heavy (non-hydrogen) atoms. The topological polar surface area (TPSA) is 70.7 Å². The molecular formula is C15H21NO4. The highest BCUT2D eigenvalue weighted by Gasteiger charge is 2.42. The monoisotopic (exact) mass is 279 g/mol. The number of furan rings is 1. The second-order valence-electron chi connectivity index (χ2n) is 5.84. The van der Waals surface area contributed by atoms with E-state index in [1.165, 1.54) is 0 Å². The Morgan fingerprint density at radius 2 is 2.25 bits per heavy atom. The second-order valence-corrected chi connectivity index (χ2v) is 5.84. The number of likely N-dealkylation sites (tertiary alicyclic amines) is 1. The predicted molar refractivity (Wildman–Crippen MR) is 73.1 cm³/mol. The number of carbonyl (C=O) groups is 2. The molecule has 110 valence electrons. The van der Waals surface area contributed by atoms with Crippen LogP contribution >= 0.6 is 0 Å². The van der Waals surface area contributed by atoms with Gasteiger partial charge in [-0.05, 0) is 30.9 Å². The van der Waals surface area contributed by atoms with Crippen LogP contribution in [0.1, 0.15) is 44.1 Å². The Morgan fingerprint density at radius 1 is 1.55 bits per heavy atom. The van der Waals surface area contributed by atoms with Crippen LogP contribution in [0.15, 0.2) is 16.7 Å². The van der Waals surface area contributed by atoms with Gasteiger partial charge >= 0.3 is 5.97 Å². The molecule has 2 atom stereocenters. The minimum absolute atomic E-state index is 0.0111. The van der Waals surface area contributed by atoms with Gasteiger partial charge in [-0.2, -0.15) is 0 Å². The van der Waals surface area contributed by atoms with Crippen molar-refractivity contribution < 1.29 is 19.1 Å². The number of aliphatic carboxylic acids is 1. The number of hydrogen-bond acceptors (Lipinski definition) is 3. The van der Waals surface area contributed by atoms with Gasteiger partial charge in [0.1, 0.15) is 11.8 Å². The van der Waals surface area contributed by atoms with Crippen molar-refractivity contribution in [2.75, 3.05) is 6.54 Å². The first-order chi connectivity index (χ1) is 9.41. The third-order valence-corrected chi connectivity index (χ3v) is 3.76. The largest absolute Gasteiger partial charge is 0.481 e. The van der Waals surface area contributed by atoms with Crippen molar-refractivity contribution in [3.8, 4) is 0 Å². The van der Waals surface area contributed by atoms with E-state index in [-0.39, 0.29) is 11.8 Å². The zero-order valence-electron chi connectivity index (χ0n) is 12.1. The van der Waals surface area contributed by atoms with Crippen LogP contribution in [0.5, 0.6) is 0 Å². The molecule has 5 nitrogen and oxygen atoms in total. The molecule has 1 aliphatic rings. The molecule has 0 radical (unpaired) electrons. The van der Waals surface area contributed by atoms with E-state index in [0.29, 0.717) is 25.1 Å². The lowest BCUT2D eigenvalue weighted by molar-refractivity contribution is -0.153. The molecule has 1 amide bonds. The Hall–Kier alpha value is -1.78. The van der Waals surface area contributed by atoms with Gasteiger partial charge in [-0.25, -0.2) is 0 Å². The average Bonchev–Trinajstić information content (AvgIpc) is 2.77. The van der Waals surface area contributed by atoms with Crippen molar-refractivity contribution in [3.05, 3.63) is 23.7 Å². The van der Waals surface area contributed by atoms with Crippen LogP contribution in [0.2, 0.25) is 0 Å². The molecule has 0 aromatic carbocycles. The average molecular weight is 279 g/mol. The maximum atomic E-state index is 12.2. The molecular weight excluding hydrogens is 258 g/mol. The molecule has 1 fully saturated rings. The molecule has 1 N–H and O–H groups in total. The second kappa shape index (κ2) is 5.69. The van der Waals surface area contributed by atoms with Gasteiger partial charge in [0.15, 0.2) is 0 Å². The molecule has 2 rings (SSSR count). The number of carbonyl (C=O) groups excluding carboxylic acids is 1. The summed E-state index contributed by atoms with van der Waals surface area (Å²) in [7, 11) is 0. The molecule has 1 aliphatic heterocycles. The molecule has 5 heteroatoms. The molecule has 0 aliphatic carbocycles. The fourth-order valence-corrected chi connectivity index (χ4v) is 2.83. The van der Waals surface area contributed by atoms with Crippen LogP contribution < -0.4 is 0 Å². The Labute approximate surface area is 118 Å². The highest BCUT2D eigenvalue weighted by Crippen LogP contribution is 2.39. The van der Waals surface area contributed by atoms with E-state index in [1.54, 1.807) is 17.2 Å². The minimum atomic E-state index is -0.868. The SMILES string of the molecule is Cc1ccoc1C1C(C(=O)O)CCC(=O)N1CC(C)C. The summed E-state index contributed by atoms with van der Waals surface area (Å²) in [5.41, 5.74) is 0.893. The molecule has 0 spiro atoms. The standard InChI is InChI=1S/C15H21NO4/c1-9(2)8-16-12(17)5-4-11(15(18)19)13(16)14-10(3)6-7-20-14/h6-7,9,11,13H,4-5,8H2,1-3H3,(H,18,19). The van der Waals surface area contributed by atoms with Crippen molar-refractivity contribution in [2.24, 2.45) is 11.8 Å². The third kappa shape index (κ3) is 2.71. The summed E-state index contributed by atoms with van der Waals surface area (Å²) < 4.78 is 5.49. The van der Waals surface area contributed by atoms with Crippen LogP contribution in [-0.4, -0.2) is 28.4 Å². The van der Waals surface area contributed by atoms with Gasteiger partial charge in [0.25, 0.3) is 0 Å². The first kappa shape index (κ1) is 14.6. The van der Waals surface area contributed by atoms with Crippen LogP contribution in [0.25, 0.3) is 0 Å². The van der Waals surface area contributed by atoms with E-state index >= 15 is 0 Å². The van der Waals surface area contributed by atoms with Crippen LogP contribution in [0.3, 0.4) is 0 Å². The Bertz CT molecular complexity index is 506. The molecule has 1 aromatic heterocycles. The summed E-state index contributed by atoms with van der Waals surface area (Å²) in [5, 5.41) is 9.46. The number of carboxylic acid groups (broad SMARTS) is 1. The fraction of sp³-hybridized carbons (Fsp3) is 0.600. The van der Waals surface area contributed by atoms with Gasteiger partial charge in [-0.15, -0.1) is 0 Å². The molecule has 0 saturated carbocycles. The predicted octanol–water partition coefficient (Wildman–Crippen LogP) is 2.61. The summed E-state index contributed by atoms with van der Waals surface area (Å²) in [6.07, 6.45) is 2.21. The fourth-order valence-electron chi connectivity index (χ4n) is 2.83. The Kier molecular flexibility index (Phi) is 4.16. The maximum absolute atomic E-state index is 12.2. The summed E-state index contributed by atoms with van der Waals surface area (Å²) in [6, 6.07) is 1.31. The van der Waals surface area contributed by atoms with E-state index in [9.17, 15) is 14.7 Å². The quantitative estimate of drug-likeness (QED) is 0.919. The molecule has 2 unspecified atom stereocenters. The van der Waals surface area contributed by atoms with Gasteiger partial charge < -0.3 is 14.4 Å². The maximum Gasteiger partial charge on any atom is 0.309 e. The lowest BCUT2D eigenvalue weighted by Gasteiger charge is -2.39. The van der Waals surface area contributed by atoms with Crippen molar-refractivity contribution >= 4 is 11.9 Å². The van der Waals surface area contributed by atoms with E-state index in [0.717, 1.165) is 5.56 Å². The number of hydrogen-bond donors (Lipinski definition) is 1. The molecule has 2 heterocycles. The number of amides is 1. The Balaban J connectivity index is 2.41. The Morgan fingerprint density at radius 3 is 2.75 bits per heavy atom. The highest BCUT2D eigenvalue weighted by molar-refractivity contribution is 5.81. The van der Waals surface area contributed by atoms with Crippen molar-refractivity contribution in [3.63, 3.8) is 0 Å². The molecule has 1 aromatic rings. The minimum Gasteiger partial charge on any atom is -0.481 e. The number of rotatable bonds is 4. The van der Waals surface area contributed by atoms with E-state index < -0.39 is 17.9 Å². The van der Waals surface area contributed by atoms with Gasteiger partial charge in [-0.3, -0.25) is 9.59 Å². The highest BCUT2D eigenvalue weighted by atomic mass is 16.4. The number of aryl methyl sites for hydroxylation is 1. The van der Waals surface area contributed by atoms with Gasteiger partial charge in [0.2, 0.25) is 5.91 Å². The summed E-state index contributed by atoms with van der Waals surface area (Å²) >= 11 is 0. The van der Waals surface area contributed by atoms with Crippen molar-refractivity contribution in [2.45, 2.75) is 39.7 Å². The number of carboxylic acids is 1. The van der Waals surface area contributed by atoms with Crippen LogP contribution in [-0.2, 0) is 9.59 Å². The van der Waals surface area contributed by atoms with E-state index in [4.69, 9.17) is 4.42 Å². The van der Waals surface area contributed by atoms with Crippen LogP contribution in [0, 0.1) is 18.8 Å². The first-order valence-electron chi connectivity index (χ1n) is 6.98. The van der Waals surface area contributed by atoms with Gasteiger partial charge in [0.05, 0.1) is 12.2 Å². The zero-order valence-corrected chi connectivity index (χ0v) is 12.1. The van der Waals surface area contributed by atoms with E-state index in [1.807, 2.05) is 20.8 Å². The third-order valence-electron chi connectivity index (χ3n) is 3.76. The number of piperidine rings is 1. The summed E-state index contributed by atoms with van der Waals surface area (Å²) in [4.78, 5) is 25.4. The van der Waals surface area contributed by atoms with Gasteiger partial charge in [-0.1, -0.05) is 13.8 Å². The zero-order chi connectivity index (χ0) is 14.9. The van der Waals surface area contributed by atoms with Crippen LogP contribution in [0.4, 0.5) is 0 Å². The van der Waals surface area contributed by atoms with E-state index in [2.05, 4.69) is 0 Å². The number of nitrogens with zero attached hydrogens (tertiary/aromatic N) is 1. The molecule has 1 saturated heterocycles.